The number of nitrogens with one attached hydrogen (secondary N) is 1. The van der Waals surface area contributed by atoms with E-state index in [9.17, 15) is 14.7 Å². The second kappa shape index (κ2) is 8.93. The van der Waals surface area contributed by atoms with Gasteiger partial charge >= 0.3 is 6.09 Å². The zero-order valence-corrected chi connectivity index (χ0v) is 13.7. The van der Waals surface area contributed by atoms with Crippen LogP contribution >= 0.6 is 11.6 Å². The lowest BCUT2D eigenvalue weighted by atomic mass is 10.0. The van der Waals surface area contributed by atoms with Crippen LogP contribution in [0.15, 0.2) is 54.6 Å². The van der Waals surface area contributed by atoms with Gasteiger partial charge in [0.25, 0.3) is 0 Å². The van der Waals surface area contributed by atoms with E-state index in [2.05, 4.69) is 5.32 Å². The molecule has 0 radical (unpaired) electrons. The number of phenolic OH excluding ortho intramolecular Hbond substituents is 1. The highest BCUT2D eigenvalue weighted by Gasteiger charge is 2.21. The van der Waals surface area contributed by atoms with Gasteiger partial charge in [0, 0.05) is 0 Å². The molecule has 2 rings (SSSR count). The fourth-order valence-corrected chi connectivity index (χ4v) is 2.30. The molecule has 0 aliphatic heterocycles. The Balaban J connectivity index is 1.93. The van der Waals surface area contributed by atoms with Gasteiger partial charge in [-0.05, 0) is 29.7 Å². The molecule has 2 aromatic carbocycles. The lowest BCUT2D eigenvalue weighted by molar-refractivity contribution is -0.118. The molecule has 0 aromatic heterocycles. The number of amides is 1. The largest absolute Gasteiger partial charge is 0.508 e. The fraction of sp³-hybridized carbons (Fsp3) is 0.222. The van der Waals surface area contributed by atoms with Gasteiger partial charge in [-0.1, -0.05) is 42.5 Å². The highest BCUT2D eigenvalue weighted by atomic mass is 35.5. The third-order valence-corrected chi connectivity index (χ3v) is 3.66. The second-order valence-electron chi connectivity index (χ2n) is 5.23. The van der Waals surface area contributed by atoms with Crippen LogP contribution in [0.5, 0.6) is 5.75 Å². The van der Waals surface area contributed by atoms with E-state index >= 15 is 0 Å². The molecule has 5 nitrogen and oxygen atoms in total. The average Bonchev–Trinajstić information content (AvgIpc) is 2.61. The number of hydrogen-bond donors (Lipinski definition) is 2. The summed E-state index contributed by atoms with van der Waals surface area (Å²) in [4.78, 5) is 23.9. The molecule has 2 aromatic rings. The summed E-state index contributed by atoms with van der Waals surface area (Å²) in [5, 5.41) is 11.8. The fourth-order valence-electron chi connectivity index (χ4n) is 2.11. The Bertz CT molecular complexity index is 673. The van der Waals surface area contributed by atoms with E-state index in [-0.39, 0.29) is 30.4 Å². The van der Waals surface area contributed by atoms with E-state index in [1.165, 1.54) is 12.1 Å². The van der Waals surface area contributed by atoms with Crippen LogP contribution in [0.1, 0.15) is 11.1 Å². The number of carbonyl (C=O) groups is 2. The van der Waals surface area contributed by atoms with Gasteiger partial charge in [-0.3, -0.25) is 4.79 Å². The molecule has 1 amide bonds. The van der Waals surface area contributed by atoms with Crippen molar-refractivity contribution in [3.05, 3.63) is 65.7 Å². The van der Waals surface area contributed by atoms with E-state index in [0.29, 0.717) is 0 Å². The van der Waals surface area contributed by atoms with Gasteiger partial charge in [0.2, 0.25) is 0 Å². The second-order valence-corrected chi connectivity index (χ2v) is 5.50. The molecule has 24 heavy (non-hydrogen) atoms. The van der Waals surface area contributed by atoms with Gasteiger partial charge in [0.1, 0.15) is 12.4 Å². The first-order valence-corrected chi connectivity index (χ1v) is 7.95. The molecule has 1 atom stereocenters. The summed E-state index contributed by atoms with van der Waals surface area (Å²) in [6, 6.07) is 14.9. The van der Waals surface area contributed by atoms with Crippen molar-refractivity contribution in [2.75, 3.05) is 5.88 Å². The van der Waals surface area contributed by atoms with Crippen molar-refractivity contribution in [2.24, 2.45) is 0 Å². The third kappa shape index (κ3) is 5.59. The number of alkyl carbamates (subject to hydrolysis) is 1. The molecule has 0 aliphatic carbocycles. The molecule has 0 saturated carbocycles. The summed E-state index contributed by atoms with van der Waals surface area (Å²) < 4.78 is 5.12. The van der Waals surface area contributed by atoms with E-state index in [0.717, 1.165) is 11.1 Å². The number of carbonyl (C=O) groups excluding carboxylic acids is 2. The maximum Gasteiger partial charge on any atom is 0.408 e. The summed E-state index contributed by atoms with van der Waals surface area (Å²) in [5.74, 6) is -0.377. The average molecular weight is 348 g/mol. The first kappa shape index (κ1) is 17.8. The van der Waals surface area contributed by atoms with Crippen LogP contribution in [0, 0.1) is 0 Å². The lowest BCUT2D eigenvalue weighted by Gasteiger charge is -2.17. The number of aromatic hydroxyl groups is 1. The van der Waals surface area contributed by atoms with Crippen LogP contribution in [0.2, 0.25) is 0 Å². The van der Waals surface area contributed by atoms with Crippen molar-refractivity contribution in [1.82, 2.24) is 5.32 Å². The van der Waals surface area contributed by atoms with E-state index < -0.39 is 12.1 Å². The number of alkyl halides is 1. The quantitative estimate of drug-likeness (QED) is 0.755. The summed E-state index contributed by atoms with van der Waals surface area (Å²) in [5.41, 5.74) is 1.64. The van der Waals surface area contributed by atoms with Crippen LogP contribution in [-0.2, 0) is 22.6 Å². The molecule has 0 aliphatic rings. The van der Waals surface area contributed by atoms with Crippen molar-refractivity contribution >= 4 is 23.5 Å². The van der Waals surface area contributed by atoms with Gasteiger partial charge in [-0.25, -0.2) is 4.79 Å². The van der Waals surface area contributed by atoms with Gasteiger partial charge < -0.3 is 15.2 Å². The monoisotopic (exact) mass is 347 g/mol. The Kier molecular flexibility index (Phi) is 6.63. The molecule has 6 heteroatoms. The van der Waals surface area contributed by atoms with E-state index in [4.69, 9.17) is 16.3 Å². The summed E-state index contributed by atoms with van der Waals surface area (Å²) in [6.07, 6.45) is -0.409. The Morgan fingerprint density at radius 2 is 1.71 bits per heavy atom. The Morgan fingerprint density at radius 3 is 2.33 bits per heavy atom. The number of rotatable bonds is 7. The number of ether oxygens (including phenoxy) is 1. The maximum atomic E-state index is 11.9. The van der Waals surface area contributed by atoms with Crippen molar-refractivity contribution in [3.8, 4) is 5.75 Å². The molecular weight excluding hydrogens is 330 g/mol. The van der Waals surface area contributed by atoms with Crippen LogP contribution in [0.3, 0.4) is 0 Å². The zero-order chi connectivity index (χ0) is 17.4. The third-order valence-electron chi connectivity index (χ3n) is 3.40. The van der Waals surface area contributed by atoms with Crippen molar-refractivity contribution in [1.29, 1.82) is 0 Å². The highest BCUT2D eigenvalue weighted by Crippen LogP contribution is 2.12. The van der Waals surface area contributed by atoms with Crippen LogP contribution in [0.4, 0.5) is 4.79 Å². The van der Waals surface area contributed by atoms with Gasteiger partial charge in [-0.2, -0.15) is 0 Å². The molecule has 0 bridgehead atoms. The SMILES string of the molecule is O=C(NC(Cc1ccc(O)cc1)C(=O)CCl)OCc1ccccc1. The minimum Gasteiger partial charge on any atom is -0.508 e. The predicted octanol–water partition coefficient (Wildman–Crippen LogP) is 3.04. The molecule has 1 unspecified atom stereocenters. The number of hydrogen-bond acceptors (Lipinski definition) is 4. The summed E-state index contributed by atoms with van der Waals surface area (Å²) in [6.45, 7) is 0.119. The molecule has 0 fully saturated rings. The topological polar surface area (TPSA) is 75.6 Å². The van der Waals surface area contributed by atoms with Gasteiger partial charge in [0.15, 0.2) is 5.78 Å². The van der Waals surface area contributed by atoms with E-state index in [1.54, 1.807) is 12.1 Å². The molecule has 2 N–H and O–H groups in total. The highest BCUT2D eigenvalue weighted by molar-refractivity contribution is 6.28. The molecule has 0 heterocycles. The molecule has 0 spiro atoms. The van der Waals surface area contributed by atoms with Gasteiger partial charge in [0.05, 0.1) is 11.9 Å². The maximum absolute atomic E-state index is 11.9. The minimum absolute atomic E-state index is 0.119. The molecule has 0 saturated heterocycles. The lowest BCUT2D eigenvalue weighted by Crippen LogP contribution is -2.43. The number of Topliss-reactive ketones (excluding diaryl/α,β-unsaturated/α-hetero) is 1. The minimum atomic E-state index is -0.782. The summed E-state index contributed by atoms with van der Waals surface area (Å²) in [7, 11) is 0. The van der Waals surface area contributed by atoms with E-state index in [1.807, 2.05) is 30.3 Å². The smallest absolute Gasteiger partial charge is 0.408 e. The van der Waals surface area contributed by atoms with Gasteiger partial charge in [-0.15, -0.1) is 11.6 Å². The molecule has 126 valence electrons. The first-order chi connectivity index (χ1) is 11.6. The van der Waals surface area contributed by atoms with Crippen LogP contribution in [0.25, 0.3) is 0 Å². The normalized spacial score (nSPS) is 11.5. The first-order valence-electron chi connectivity index (χ1n) is 7.42. The van der Waals surface area contributed by atoms with Crippen LogP contribution < -0.4 is 5.32 Å². The summed E-state index contributed by atoms with van der Waals surface area (Å²) >= 11 is 5.61. The molecular formula is C18H18ClNO4. The van der Waals surface area contributed by atoms with Crippen molar-refractivity contribution < 1.29 is 19.4 Å². The predicted molar refractivity (Wildman–Crippen MR) is 91.1 cm³/mol. The number of ketones is 1. The van der Waals surface area contributed by atoms with Crippen molar-refractivity contribution in [3.63, 3.8) is 0 Å². The van der Waals surface area contributed by atoms with Crippen LogP contribution in [-0.4, -0.2) is 28.9 Å². The number of halogens is 1. The number of benzene rings is 2. The Morgan fingerprint density at radius 1 is 1.04 bits per heavy atom. The standard InChI is InChI=1S/C18H18ClNO4/c19-11-17(22)16(10-13-6-8-15(21)9-7-13)20-18(23)24-12-14-4-2-1-3-5-14/h1-9,16,21H,10-12H2,(H,20,23). The number of phenols is 1. The Hall–Kier alpha value is -2.53. The van der Waals surface area contributed by atoms with Crippen molar-refractivity contribution in [2.45, 2.75) is 19.1 Å². The Labute approximate surface area is 145 Å². The zero-order valence-electron chi connectivity index (χ0n) is 12.9.